The topological polar surface area (TPSA) is 56.4 Å². The van der Waals surface area contributed by atoms with E-state index in [2.05, 4.69) is 31.3 Å². The Kier molecular flexibility index (Phi) is 6.07. The molecule has 0 unspecified atom stereocenters. The molecule has 0 spiro atoms. The summed E-state index contributed by atoms with van der Waals surface area (Å²) < 4.78 is 10.9. The van der Waals surface area contributed by atoms with Crippen LogP contribution >= 0.6 is 0 Å². The average molecular weight is 390 g/mol. The summed E-state index contributed by atoms with van der Waals surface area (Å²) in [6.07, 6.45) is 4.94. The summed E-state index contributed by atoms with van der Waals surface area (Å²) in [5, 5.41) is 3.35. The number of amides is 1. The molecule has 1 aromatic rings. The summed E-state index contributed by atoms with van der Waals surface area (Å²) in [7, 11) is 0. The lowest BCUT2D eigenvalue weighted by Gasteiger charge is -2.34. The lowest BCUT2D eigenvalue weighted by molar-refractivity contribution is -1.02. The van der Waals surface area contributed by atoms with Crippen molar-refractivity contribution in [2.24, 2.45) is 5.92 Å². The maximum Gasteiger partial charge on any atom is 0.278 e. The van der Waals surface area contributed by atoms with E-state index in [-0.39, 0.29) is 11.9 Å². The normalized spacial score (nSPS) is 30.6. The molecule has 154 valence electrons. The number of carbonyl (C=O) groups excluding carboxylic acids is 1. The smallest absolute Gasteiger partial charge is 0.278 e. The first-order valence-corrected chi connectivity index (χ1v) is 11.0. The summed E-state index contributed by atoms with van der Waals surface area (Å²) in [6.45, 7) is 10.0. The van der Waals surface area contributed by atoms with Crippen LogP contribution in [0.1, 0.15) is 45.1 Å². The van der Waals surface area contributed by atoms with Crippen molar-refractivity contribution in [2.45, 2.75) is 58.2 Å². The highest BCUT2D eigenvalue weighted by atomic mass is 16.7. The molecule has 0 aromatic heterocycles. The van der Waals surface area contributed by atoms with E-state index < -0.39 is 0 Å². The molecule has 2 fully saturated rings. The van der Waals surface area contributed by atoms with Gasteiger partial charge < -0.3 is 24.6 Å². The predicted molar refractivity (Wildman–Crippen MR) is 107 cm³/mol. The second-order valence-corrected chi connectivity index (χ2v) is 8.87. The fraction of sp³-hybridized carbons (Fsp3) is 0.682. The van der Waals surface area contributed by atoms with Crippen molar-refractivity contribution in [1.82, 2.24) is 5.32 Å². The Bertz CT molecular complexity index is 688. The van der Waals surface area contributed by atoms with Crippen LogP contribution in [0.5, 0.6) is 11.5 Å². The van der Waals surface area contributed by atoms with Gasteiger partial charge in [-0.15, -0.1) is 0 Å². The molecule has 1 amide bonds. The Hall–Kier alpha value is -1.79. The van der Waals surface area contributed by atoms with E-state index in [4.69, 9.17) is 9.47 Å². The Morgan fingerprint density at radius 3 is 2.68 bits per heavy atom. The molecule has 3 aliphatic rings. The first kappa shape index (κ1) is 19.5. The molecule has 2 aliphatic heterocycles. The number of piperazine rings is 1. The molecule has 0 bridgehead atoms. The van der Waals surface area contributed by atoms with Crippen LogP contribution in [0, 0.1) is 5.92 Å². The number of nitrogens with one attached hydrogen (secondary N) is 3. The van der Waals surface area contributed by atoms with E-state index in [1.165, 1.54) is 29.7 Å². The number of rotatable bonds is 5. The molecule has 1 saturated heterocycles. The molecule has 4 rings (SSSR count). The van der Waals surface area contributed by atoms with Crippen LogP contribution in [-0.4, -0.2) is 51.0 Å². The number of carbonyl (C=O) groups is 1. The minimum atomic E-state index is 0.0428. The first-order valence-electron chi connectivity index (χ1n) is 11.0. The van der Waals surface area contributed by atoms with E-state index in [1.807, 2.05) is 6.07 Å². The maximum absolute atomic E-state index is 12.8. The van der Waals surface area contributed by atoms with Crippen molar-refractivity contribution in [1.29, 1.82) is 0 Å². The van der Waals surface area contributed by atoms with Gasteiger partial charge in [0.15, 0.2) is 17.5 Å². The third kappa shape index (κ3) is 4.44. The average Bonchev–Trinajstić information content (AvgIpc) is 3.17. The minimum absolute atomic E-state index is 0.0428. The molecule has 1 aliphatic carbocycles. The SMILES string of the molecule is C[C@H](C(=O)N[C@H]1CCCC[C@@H]1C)[NH+]1CC[NH+](Cc2ccc3c(c2)OCO3)CC1. The van der Waals surface area contributed by atoms with Crippen LogP contribution in [-0.2, 0) is 11.3 Å². The van der Waals surface area contributed by atoms with E-state index >= 15 is 0 Å². The quantitative estimate of drug-likeness (QED) is 0.653. The van der Waals surface area contributed by atoms with Gasteiger partial charge in [0.2, 0.25) is 6.79 Å². The predicted octanol–water partition coefficient (Wildman–Crippen LogP) is -0.218. The van der Waals surface area contributed by atoms with Gasteiger partial charge in [-0.1, -0.05) is 19.8 Å². The number of benzene rings is 1. The molecule has 2 heterocycles. The molecule has 6 nitrogen and oxygen atoms in total. The van der Waals surface area contributed by atoms with Crippen molar-refractivity contribution in [3.05, 3.63) is 23.8 Å². The molecular weight excluding hydrogens is 354 g/mol. The second-order valence-electron chi connectivity index (χ2n) is 8.87. The first-order chi connectivity index (χ1) is 13.6. The van der Waals surface area contributed by atoms with Crippen LogP contribution in [0.4, 0.5) is 0 Å². The Labute approximate surface area is 168 Å². The Balaban J connectivity index is 1.24. The third-order valence-electron chi connectivity index (χ3n) is 6.94. The van der Waals surface area contributed by atoms with Crippen molar-refractivity contribution in [3.63, 3.8) is 0 Å². The van der Waals surface area contributed by atoms with Crippen LogP contribution in [0.25, 0.3) is 0 Å². The van der Waals surface area contributed by atoms with Crippen molar-refractivity contribution < 1.29 is 24.1 Å². The number of hydrogen-bond acceptors (Lipinski definition) is 3. The van der Waals surface area contributed by atoms with Crippen molar-refractivity contribution in [3.8, 4) is 11.5 Å². The monoisotopic (exact) mass is 389 g/mol. The Morgan fingerprint density at radius 1 is 1.14 bits per heavy atom. The zero-order valence-corrected chi connectivity index (χ0v) is 17.3. The summed E-state index contributed by atoms with van der Waals surface area (Å²) in [6, 6.07) is 6.68. The van der Waals surface area contributed by atoms with Gasteiger partial charge >= 0.3 is 0 Å². The molecule has 6 heteroatoms. The third-order valence-corrected chi connectivity index (χ3v) is 6.94. The Morgan fingerprint density at radius 2 is 1.89 bits per heavy atom. The van der Waals surface area contributed by atoms with Gasteiger partial charge in [0.25, 0.3) is 5.91 Å². The van der Waals surface area contributed by atoms with E-state index in [0.29, 0.717) is 18.8 Å². The maximum atomic E-state index is 12.8. The number of quaternary nitrogens is 2. The number of ether oxygens (including phenoxy) is 2. The van der Waals surface area contributed by atoms with E-state index in [0.717, 1.165) is 50.6 Å². The summed E-state index contributed by atoms with van der Waals surface area (Å²) in [5.41, 5.74) is 1.29. The van der Waals surface area contributed by atoms with Gasteiger partial charge in [0, 0.05) is 11.6 Å². The highest BCUT2D eigenvalue weighted by molar-refractivity contribution is 5.80. The van der Waals surface area contributed by atoms with Crippen molar-refractivity contribution in [2.75, 3.05) is 33.0 Å². The molecule has 28 heavy (non-hydrogen) atoms. The highest BCUT2D eigenvalue weighted by Crippen LogP contribution is 2.32. The lowest BCUT2D eigenvalue weighted by Crippen LogP contribution is -3.29. The fourth-order valence-corrected chi connectivity index (χ4v) is 4.90. The molecule has 0 radical (unpaired) electrons. The van der Waals surface area contributed by atoms with Gasteiger partial charge in [-0.2, -0.15) is 0 Å². The van der Waals surface area contributed by atoms with E-state index in [1.54, 1.807) is 4.90 Å². The zero-order chi connectivity index (χ0) is 19.5. The zero-order valence-electron chi connectivity index (χ0n) is 17.3. The minimum Gasteiger partial charge on any atom is -0.454 e. The van der Waals surface area contributed by atoms with Crippen LogP contribution in [0.2, 0.25) is 0 Å². The van der Waals surface area contributed by atoms with Crippen molar-refractivity contribution >= 4 is 5.91 Å². The molecule has 3 atom stereocenters. The van der Waals surface area contributed by atoms with Gasteiger partial charge in [0.1, 0.15) is 32.7 Å². The standard InChI is InChI=1S/C22H33N3O3/c1-16-5-3-4-6-19(16)23-22(26)17(2)25-11-9-24(10-12-25)14-18-7-8-20-21(13-18)28-15-27-20/h7-8,13,16-17,19H,3-6,9-12,14-15H2,1-2H3,(H,23,26)/p+2/t16-,17+,19-/m0/s1. The molecule has 1 saturated carbocycles. The van der Waals surface area contributed by atoms with Gasteiger partial charge in [-0.25, -0.2) is 0 Å². The van der Waals surface area contributed by atoms with E-state index in [9.17, 15) is 4.79 Å². The van der Waals surface area contributed by atoms with Crippen LogP contribution in [0.15, 0.2) is 18.2 Å². The highest BCUT2D eigenvalue weighted by Gasteiger charge is 2.33. The number of fused-ring (bicyclic) bond motifs is 1. The second kappa shape index (κ2) is 8.70. The van der Waals surface area contributed by atoms with Crippen LogP contribution in [0.3, 0.4) is 0 Å². The molecule has 3 N–H and O–H groups in total. The van der Waals surface area contributed by atoms with Crippen LogP contribution < -0.4 is 24.6 Å². The summed E-state index contributed by atoms with van der Waals surface area (Å²) >= 11 is 0. The largest absolute Gasteiger partial charge is 0.454 e. The molecule has 1 aromatic carbocycles. The molecular formula is C22H35N3O3+2. The summed E-state index contributed by atoms with van der Waals surface area (Å²) in [4.78, 5) is 15.8. The fourth-order valence-electron chi connectivity index (χ4n) is 4.90. The summed E-state index contributed by atoms with van der Waals surface area (Å²) in [5.74, 6) is 2.57. The number of hydrogen-bond donors (Lipinski definition) is 3. The van der Waals surface area contributed by atoms with Gasteiger partial charge in [-0.3, -0.25) is 4.79 Å². The van der Waals surface area contributed by atoms with Gasteiger partial charge in [0.05, 0.1) is 0 Å². The lowest BCUT2D eigenvalue weighted by atomic mass is 9.86. The van der Waals surface area contributed by atoms with Gasteiger partial charge in [-0.05, 0) is 43.9 Å².